The van der Waals surface area contributed by atoms with E-state index in [-0.39, 0.29) is 5.56 Å². The molecule has 2 N–H and O–H groups in total. The van der Waals surface area contributed by atoms with E-state index in [1.54, 1.807) is 11.3 Å². The molecule has 0 saturated heterocycles. The highest BCUT2D eigenvalue weighted by molar-refractivity contribution is 7.18. The fraction of sp³-hybridized carbons (Fsp3) is 0.429. The number of hydrogen-bond acceptors (Lipinski definition) is 4. The number of benzene rings is 1. The predicted octanol–water partition coefficient (Wildman–Crippen LogP) is 4.82. The zero-order chi connectivity index (χ0) is 17.9. The number of rotatable bonds is 7. The number of aryl methyl sites for hydroxylation is 3. The summed E-state index contributed by atoms with van der Waals surface area (Å²) in [5.74, 6) is 0.703. The van der Waals surface area contributed by atoms with E-state index >= 15 is 0 Å². The summed E-state index contributed by atoms with van der Waals surface area (Å²) < 4.78 is 0. The van der Waals surface area contributed by atoms with Gasteiger partial charge < -0.3 is 10.3 Å². The molecule has 0 unspecified atom stereocenters. The monoisotopic (exact) mass is 367 g/mol. The zero-order valence-electron chi connectivity index (χ0n) is 15.2. The second kappa shape index (κ2) is 7.62. The molecule has 4 rings (SSSR count). The molecule has 1 aliphatic carbocycles. The third-order valence-electron chi connectivity index (χ3n) is 5.11. The predicted molar refractivity (Wildman–Crippen MR) is 109 cm³/mol. The third kappa shape index (κ3) is 3.54. The molecule has 1 aromatic carbocycles. The Bertz CT molecular complexity index is 956. The maximum atomic E-state index is 12.5. The first-order valence-corrected chi connectivity index (χ1v) is 10.4. The normalized spacial score (nSPS) is 13.3. The zero-order valence-corrected chi connectivity index (χ0v) is 16.0. The summed E-state index contributed by atoms with van der Waals surface area (Å²) in [4.78, 5) is 22.4. The fourth-order valence-electron chi connectivity index (χ4n) is 3.68. The maximum Gasteiger partial charge on any atom is 0.259 e. The van der Waals surface area contributed by atoms with Crippen LogP contribution in [0, 0.1) is 0 Å². The van der Waals surface area contributed by atoms with Gasteiger partial charge in [0.2, 0.25) is 0 Å². The largest absolute Gasteiger partial charge is 0.378 e. The van der Waals surface area contributed by atoms with Crippen molar-refractivity contribution in [2.75, 3.05) is 5.32 Å². The van der Waals surface area contributed by atoms with Gasteiger partial charge in [0.15, 0.2) is 0 Å². The minimum atomic E-state index is 0.0115. The Balaban J connectivity index is 1.44. The average molecular weight is 368 g/mol. The van der Waals surface area contributed by atoms with Gasteiger partial charge in [0.05, 0.1) is 11.9 Å². The lowest BCUT2D eigenvalue weighted by Gasteiger charge is -2.07. The van der Waals surface area contributed by atoms with Crippen molar-refractivity contribution in [2.45, 2.75) is 58.4 Å². The molecule has 0 atom stereocenters. The second-order valence-electron chi connectivity index (χ2n) is 7.06. The van der Waals surface area contributed by atoms with E-state index in [2.05, 4.69) is 46.5 Å². The van der Waals surface area contributed by atoms with Crippen LogP contribution in [0.3, 0.4) is 0 Å². The van der Waals surface area contributed by atoms with E-state index in [0.717, 1.165) is 41.6 Å². The molecule has 0 amide bonds. The Morgan fingerprint density at radius 2 is 2.04 bits per heavy atom. The van der Waals surface area contributed by atoms with Crippen LogP contribution in [-0.2, 0) is 25.8 Å². The third-order valence-corrected chi connectivity index (χ3v) is 6.29. The summed E-state index contributed by atoms with van der Waals surface area (Å²) in [7, 11) is 0. The van der Waals surface area contributed by atoms with E-state index < -0.39 is 0 Å². The summed E-state index contributed by atoms with van der Waals surface area (Å²) in [6.07, 6.45) is 8.20. The number of anilines is 1. The van der Waals surface area contributed by atoms with E-state index in [9.17, 15) is 4.79 Å². The van der Waals surface area contributed by atoms with Crippen LogP contribution in [-0.4, -0.2) is 9.97 Å². The van der Waals surface area contributed by atoms with Crippen molar-refractivity contribution in [1.82, 2.24) is 9.97 Å². The number of aromatic nitrogens is 2. The number of nitrogens with zero attached hydrogens (tertiary/aromatic N) is 1. The van der Waals surface area contributed by atoms with E-state index in [0.29, 0.717) is 12.4 Å². The highest BCUT2D eigenvalue weighted by atomic mass is 32.1. The van der Waals surface area contributed by atoms with Gasteiger partial charge in [-0.2, -0.15) is 0 Å². The van der Waals surface area contributed by atoms with E-state index in [4.69, 9.17) is 0 Å². The van der Waals surface area contributed by atoms with Crippen LogP contribution < -0.4 is 10.9 Å². The number of H-pyrrole nitrogens is 1. The van der Waals surface area contributed by atoms with Gasteiger partial charge in [-0.3, -0.25) is 4.79 Å². The summed E-state index contributed by atoms with van der Waals surface area (Å²) in [5, 5.41) is 4.19. The first-order valence-electron chi connectivity index (χ1n) is 9.61. The quantitative estimate of drug-likeness (QED) is 0.589. The van der Waals surface area contributed by atoms with Crippen LogP contribution in [0.25, 0.3) is 10.2 Å². The Morgan fingerprint density at radius 1 is 1.19 bits per heavy atom. The molecule has 0 fully saturated rings. The van der Waals surface area contributed by atoms with Gasteiger partial charge in [0.25, 0.3) is 5.56 Å². The van der Waals surface area contributed by atoms with Gasteiger partial charge in [-0.05, 0) is 55.4 Å². The molecule has 2 heterocycles. The molecular formula is C21H25N3OS. The molecule has 0 spiro atoms. The minimum absolute atomic E-state index is 0.0115. The van der Waals surface area contributed by atoms with Crippen molar-refractivity contribution in [1.29, 1.82) is 0 Å². The first-order chi connectivity index (χ1) is 12.7. The van der Waals surface area contributed by atoms with E-state index in [1.807, 2.05) is 0 Å². The lowest BCUT2D eigenvalue weighted by Crippen LogP contribution is -2.14. The molecule has 0 saturated carbocycles. The highest BCUT2D eigenvalue weighted by Crippen LogP contribution is 2.34. The Labute approximate surface area is 157 Å². The van der Waals surface area contributed by atoms with Crippen LogP contribution in [0.5, 0.6) is 0 Å². The van der Waals surface area contributed by atoms with Crippen molar-refractivity contribution in [2.24, 2.45) is 0 Å². The lowest BCUT2D eigenvalue weighted by atomic mass is 10.1. The molecule has 4 nitrogen and oxygen atoms in total. The van der Waals surface area contributed by atoms with Crippen LogP contribution in [0.1, 0.15) is 54.4 Å². The molecule has 26 heavy (non-hydrogen) atoms. The summed E-state index contributed by atoms with van der Waals surface area (Å²) >= 11 is 1.69. The first kappa shape index (κ1) is 17.3. The number of unbranched alkanes of at least 4 members (excludes halogenated alkanes) is 2. The van der Waals surface area contributed by atoms with Crippen molar-refractivity contribution >= 4 is 27.2 Å². The van der Waals surface area contributed by atoms with Crippen LogP contribution in [0.4, 0.5) is 5.69 Å². The van der Waals surface area contributed by atoms with Crippen molar-refractivity contribution in [3.05, 3.63) is 56.4 Å². The maximum absolute atomic E-state index is 12.5. The standard InChI is InChI=1S/C21H25N3OS/c1-2-3-4-6-14-9-11-15(12-10-14)22-13-18-23-20(25)19-16-7-5-8-17(16)26-21(19)24-18/h9-12,22H,2-8,13H2,1H3,(H,23,24,25). The summed E-state index contributed by atoms with van der Waals surface area (Å²) in [6, 6.07) is 8.58. The fourth-order valence-corrected chi connectivity index (χ4v) is 4.97. The van der Waals surface area contributed by atoms with Gasteiger partial charge in [-0.1, -0.05) is 31.9 Å². The smallest absolute Gasteiger partial charge is 0.259 e. The topological polar surface area (TPSA) is 57.8 Å². The number of nitrogens with one attached hydrogen (secondary N) is 2. The Morgan fingerprint density at radius 3 is 2.85 bits per heavy atom. The van der Waals surface area contributed by atoms with Crippen LogP contribution >= 0.6 is 11.3 Å². The number of hydrogen-bond donors (Lipinski definition) is 2. The SMILES string of the molecule is CCCCCc1ccc(NCc2nc3sc4c(c3c(=O)[nH]2)CCC4)cc1. The number of aromatic amines is 1. The van der Waals surface area contributed by atoms with Gasteiger partial charge in [-0.15, -0.1) is 11.3 Å². The van der Waals surface area contributed by atoms with Crippen LogP contribution in [0.2, 0.25) is 0 Å². The number of fused-ring (bicyclic) bond motifs is 3. The van der Waals surface area contributed by atoms with Crippen molar-refractivity contribution in [3.8, 4) is 0 Å². The Hall–Kier alpha value is -2.14. The van der Waals surface area contributed by atoms with Gasteiger partial charge in [0, 0.05) is 10.6 Å². The molecule has 1 aliphatic rings. The van der Waals surface area contributed by atoms with Gasteiger partial charge in [-0.25, -0.2) is 4.98 Å². The molecule has 2 aromatic heterocycles. The molecule has 0 radical (unpaired) electrons. The summed E-state index contributed by atoms with van der Waals surface area (Å²) in [5.41, 5.74) is 3.68. The number of thiophene rings is 1. The lowest BCUT2D eigenvalue weighted by molar-refractivity contribution is 0.717. The molecular weight excluding hydrogens is 342 g/mol. The van der Waals surface area contributed by atoms with Gasteiger partial charge >= 0.3 is 0 Å². The van der Waals surface area contributed by atoms with E-state index in [1.165, 1.54) is 35.3 Å². The second-order valence-corrected chi connectivity index (χ2v) is 8.14. The molecule has 5 heteroatoms. The van der Waals surface area contributed by atoms with Crippen molar-refractivity contribution < 1.29 is 0 Å². The average Bonchev–Trinajstić information content (AvgIpc) is 3.22. The molecule has 136 valence electrons. The minimum Gasteiger partial charge on any atom is -0.378 e. The Kier molecular flexibility index (Phi) is 5.07. The van der Waals surface area contributed by atoms with Crippen LogP contribution in [0.15, 0.2) is 29.1 Å². The molecule has 0 bridgehead atoms. The van der Waals surface area contributed by atoms with Crippen molar-refractivity contribution in [3.63, 3.8) is 0 Å². The highest BCUT2D eigenvalue weighted by Gasteiger charge is 2.20. The van der Waals surface area contributed by atoms with Gasteiger partial charge in [0.1, 0.15) is 10.7 Å². The summed E-state index contributed by atoms with van der Waals surface area (Å²) in [6.45, 7) is 2.76. The molecule has 0 aliphatic heterocycles. The molecule has 3 aromatic rings.